The molecular weight excluding hydrogens is 392 g/mol. The van der Waals surface area contributed by atoms with Gasteiger partial charge in [0.05, 0.1) is 0 Å². The van der Waals surface area contributed by atoms with Crippen LogP contribution >= 0.6 is 0 Å². The zero-order chi connectivity index (χ0) is 22.4. The Morgan fingerprint density at radius 1 is 0.594 bits per heavy atom. The highest BCUT2D eigenvalue weighted by Crippen LogP contribution is 2.31. The first-order valence-electron chi connectivity index (χ1n) is 11.3. The van der Waals surface area contributed by atoms with E-state index >= 15 is 0 Å². The smallest absolute Gasteiger partial charge is 0.194 e. The van der Waals surface area contributed by atoms with E-state index in [9.17, 15) is 9.59 Å². The Morgan fingerprint density at radius 3 is 1.94 bits per heavy atom. The van der Waals surface area contributed by atoms with Crippen molar-refractivity contribution in [1.29, 1.82) is 0 Å². The minimum Gasteiger partial charge on any atom is -0.289 e. The van der Waals surface area contributed by atoms with Gasteiger partial charge in [-0.2, -0.15) is 0 Å². The number of hydrogen-bond donors (Lipinski definition) is 0. The molecule has 0 bridgehead atoms. The SMILES string of the molecule is CC(C)c1ccc2ccc(CC(C)c3ccc4c(c3)C(=O)c3ccccc3C4=O)cc2c1. The van der Waals surface area contributed by atoms with Crippen LogP contribution in [0.5, 0.6) is 0 Å². The van der Waals surface area contributed by atoms with Crippen LogP contribution in [0.2, 0.25) is 0 Å². The van der Waals surface area contributed by atoms with Crippen molar-refractivity contribution in [3.63, 3.8) is 0 Å². The van der Waals surface area contributed by atoms with E-state index in [1.807, 2.05) is 24.3 Å². The zero-order valence-corrected chi connectivity index (χ0v) is 18.7. The summed E-state index contributed by atoms with van der Waals surface area (Å²) in [5.41, 5.74) is 5.75. The summed E-state index contributed by atoms with van der Waals surface area (Å²) in [7, 11) is 0. The molecule has 0 aliphatic heterocycles. The van der Waals surface area contributed by atoms with Gasteiger partial charge in [0.15, 0.2) is 11.6 Å². The van der Waals surface area contributed by atoms with Gasteiger partial charge in [0, 0.05) is 22.3 Å². The van der Waals surface area contributed by atoms with Crippen LogP contribution < -0.4 is 0 Å². The Hall–Kier alpha value is -3.52. The molecule has 0 aromatic heterocycles. The van der Waals surface area contributed by atoms with Crippen molar-refractivity contribution >= 4 is 22.3 Å². The van der Waals surface area contributed by atoms with Crippen LogP contribution in [0.4, 0.5) is 0 Å². The predicted molar refractivity (Wildman–Crippen MR) is 130 cm³/mol. The maximum atomic E-state index is 13.1. The van der Waals surface area contributed by atoms with Gasteiger partial charge in [0.2, 0.25) is 0 Å². The number of fused-ring (bicyclic) bond motifs is 3. The fourth-order valence-electron chi connectivity index (χ4n) is 4.70. The number of carbonyl (C=O) groups is 2. The molecule has 0 N–H and O–H groups in total. The van der Waals surface area contributed by atoms with Crippen LogP contribution in [0.1, 0.15) is 81.1 Å². The van der Waals surface area contributed by atoms with E-state index in [2.05, 4.69) is 57.2 Å². The van der Waals surface area contributed by atoms with Crippen LogP contribution in [-0.4, -0.2) is 11.6 Å². The van der Waals surface area contributed by atoms with Crippen LogP contribution in [0, 0.1) is 0 Å². The summed E-state index contributed by atoms with van der Waals surface area (Å²) in [6.07, 6.45) is 0.874. The van der Waals surface area contributed by atoms with E-state index in [1.165, 1.54) is 21.9 Å². The van der Waals surface area contributed by atoms with Crippen molar-refractivity contribution in [2.24, 2.45) is 0 Å². The van der Waals surface area contributed by atoms with Gasteiger partial charge < -0.3 is 0 Å². The average Bonchev–Trinajstić information content (AvgIpc) is 2.81. The Labute approximate surface area is 188 Å². The van der Waals surface area contributed by atoms with E-state index in [1.54, 1.807) is 18.2 Å². The fraction of sp³-hybridized carbons (Fsp3) is 0.200. The van der Waals surface area contributed by atoms with Crippen molar-refractivity contribution in [2.75, 3.05) is 0 Å². The number of carbonyl (C=O) groups excluding carboxylic acids is 2. The molecule has 2 heteroatoms. The summed E-state index contributed by atoms with van der Waals surface area (Å²) < 4.78 is 0. The van der Waals surface area contributed by atoms with Gasteiger partial charge >= 0.3 is 0 Å². The lowest BCUT2D eigenvalue weighted by Crippen LogP contribution is -2.21. The minimum atomic E-state index is -0.0649. The fourth-order valence-corrected chi connectivity index (χ4v) is 4.70. The topological polar surface area (TPSA) is 34.1 Å². The average molecular weight is 419 g/mol. The van der Waals surface area contributed by atoms with Crippen molar-refractivity contribution < 1.29 is 9.59 Å². The molecule has 0 radical (unpaired) electrons. The molecule has 0 heterocycles. The molecule has 32 heavy (non-hydrogen) atoms. The monoisotopic (exact) mass is 418 g/mol. The molecule has 1 atom stereocenters. The Bertz CT molecular complexity index is 1380. The van der Waals surface area contributed by atoms with Gasteiger partial charge in [-0.15, -0.1) is 0 Å². The van der Waals surface area contributed by atoms with Crippen LogP contribution in [-0.2, 0) is 6.42 Å². The number of rotatable bonds is 4. The normalized spacial score (nSPS) is 13.9. The van der Waals surface area contributed by atoms with Gasteiger partial charge in [-0.1, -0.05) is 93.6 Å². The summed E-state index contributed by atoms with van der Waals surface area (Å²) in [6.45, 7) is 6.61. The largest absolute Gasteiger partial charge is 0.289 e. The molecule has 1 aliphatic carbocycles. The lowest BCUT2D eigenvalue weighted by molar-refractivity contribution is 0.0979. The Balaban J connectivity index is 1.45. The second-order valence-corrected chi connectivity index (χ2v) is 9.21. The van der Waals surface area contributed by atoms with E-state index < -0.39 is 0 Å². The highest BCUT2D eigenvalue weighted by atomic mass is 16.1. The first kappa shape index (κ1) is 20.4. The third-order valence-electron chi connectivity index (χ3n) is 6.66. The van der Waals surface area contributed by atoms with E-state index in [0.717, 1.165) is 12.0 Å². The number of hydrogen-bond acceptors (Lipinski definition) is 2. The maximum absolute atomic E-state index is 13.1. The third-order valence-corrected chi connectivity index (χ3v) is 6.66. The third kappa shape index (κ3) is 3.46. The van der Waals surface area contributed by atoms with Gasteiger partial charge in [-0.25, -0.2) is 0 Å². The summed E-state index contributed by atoms with van der Waals surface area (Å²) in [5.74, 6) is 0.606. The number of ketones is 2. The molecule has 2 nitrogen and oxygen atoms in total. The molecule has 158 valence electrons. The van der Waals surface area contributed by atoms with Gasteiger partial charge in [0.25, 0.3) is 0 Å². The van der Waals surface area contributed by atoms with E-state index in [-0.39, 0.29) is 17.5 Å². The molecule has 0 spiro atoms. The Morgan fingerprint density at radius 2 is 1.22 bits per heavy atom. The second kappa shape index (κ2) is 7.87. The molecule has 0 amide bonds. The zero-order valence-electron chi connectivity index (χ0n) is 18.7. The quantitative estimate of drug-likeness (QED) is 0.312. The maximum Gasteiger partial charge on any atom is 0.194 e. The standard InChI is InChI=1S/C30H26O2/c1-18(2)22-11-10-21-9-8-20(15-24(21)16-22)14-19(3)23-12-13-27-28(17-23)30(32)26-7-5-4-6-25(26)29(27)31/h4-13,15-19H,14H2,1-3H3. The molecule has 0 saturated carbocycles. The molecule has 0 fully saturated rings. The van der Waals surface area contributed by atoms with Gasteiger partial charge in [-0.05, 0) is 51.8 Å². The second-order valence-electron chi connectivity index (χ2n) is 9.21. The van der Waals surface area contributed by atoms with Crippen LogP contribution in [0.25, 0.3) is 10.8 Å². The summed E-state index contributed by atoms with van der Waals surface area (Å²) in [5, 5.41) is 2.52. The summed E-state index contributed by atoms with van der Waals surface area (Å²) in [4.78, 5) is 25.9. The number of benzene rings is 4. The molecule has 1 aliphatic rings. The Kier molecular flexibility index (Phi) is 5.01. The molecule has 1 unspecified atom stereocenters. The van der Waals surface area contributed by atoms with Crippen molar-refractivity contribution in [3.05, 3.63) is 118 Å². The van der Waals surface area contributed by atoms with Gasteiger partial charge in [-0.3, -0.25) is 9.59 Å². The highest BCUT2D eigenvalue weighted by Gasteiger charge is 2.29. The minimum absolute atomic E-state index is 0.0591. The van der Waals surface area contributed by atoms with Crippen LogP contribution in [0.3, 0.4) is 0 Å². The van der Waals surface area contributed by atoms with Crippen molar-refractivity contribution in [1.82, 2.24) is 0 Å². The van der Waals surface area contributed by atoms with Crippen molar-refractivity contribution in [2.45, 2.75) is 39.0 Å². The summed E-state index contributed by atoms with van der Waals surface area (Å²) in [6, 6.07) is 26.2. The van der Waals surface area contributed by atoms with Gasteiger partial charge in [0.1, 0.15) is 0 Å². The molecule has 0 saturated heterocycles. The van der Waals surface area contributed by atoms with E-state index in [0.29, 0.717) is 28.2 Å². The first-order chi connectivity index (χ1) is 15.4. The molecule has 5 rings (SSSR count). The summed E-state index contributed by atoms with van der Waals surface area (Å²) >= 11 is 0. The predicted octanol–water partition coefficient (Wildman–Crippen LogP) is 7.08. The molecule has 4 aromatic rings. The lowest BCUT2D eigenvalue weighted by Gasteiger charge is -2.20. The van der Waals surface area contributed by atoms with Crippen molar-refractivity contribution in [3.8, 4) is 0 Å². The highest BCUT2D eigenvalue weighted by molar-refractivity contribution is 6.28. The molecule has 4 aromatic carbocycles. The van der Waals surface area contributed by atoms with Crippen LogP contribution in [0.15, 0.2) is 78.9 Å². The lowest BCUT2D eigenvalue weighted by atomic mass is 9.81. The molecular formula is C30H26O2. The first-order valence-corrected chi connectivity index (χ1v) is 11.3. The van der Waals surface area contributed by atoms with E-state index in [4.69, 9.17) is 0 Å².